The van der Waals surface area contributed by atoms with Crippen LogP contribution in [0.4, 0.5) is 0 Å². The second-order valence-electron chi connectivity index (χ2n) is 9.69. The van der Waals surface area contributed by atoms with Gasteiger partial charge in [-0.1, -0.05) is 18.6 Å². The van der Waals surface area contributed by atoms with Crippen LogP contribution in [0.1, 0.15) is 56.0 Å². The minimum Gasteiger partial charge on any atom is -0.747 e. The summed E-state index contributed by atoms with van der Waals surface area (Å²) in [5, 5.41) is -1.21. The number of rotatable bonds is 7. The van der Waals surface area contributed by atoms with Crippen molar-refractivity contribution in [2.24, 2.45) is 22.7 Å². The number of imide groups is 1. The third-order valence-corrected chi connectivity index (χ3v) is 8.56. The first-order valence-corrected chi connectivity index (χ1v) is 14.0. The van der Waals surface area contributed by atoms with E-state index < -0.39 is 63.2 Å². The Labute approximate surface area is 263 Å². The monoisotopic (exact) mass is 709 g/mol. The number of hydrogen-bond acceptors (Lipinski definition) is 11. The maximum atomic E-state index is 13.4. The number of ether oxygens (including phenoxy) is 1. The van der Waals surface area contributed by atoms with Crippen molar-refractivity contribution in [1.29, 1.82) is 0 Å². The molecule has 240 valence electrons. The van der Waals surface area contributed by atoms with Crippen LogP contribution in [0.5, 0.6) is 0 Å². The molecule has 0 N–H and O–H groups in total. The molecule has 1 aromatic rings. The van der Waals surface area contributed by atoms with Gasteiger partial charge in [-0.15, -0.1) is 21.8 Å². The zero-order valence-corrected chi connectivity index (χ0v) is 27.1. The SMILES string of the molecule is C/C=C1\N=C(C2=c3[n-]/c(=C\C)c(C)c3C(=O)[C@@H]2C(=O)OC)[C@@H](CCC(=O)ON2C(=O)CC(S(=O)(=O)[O-])C2=O)[C@@H]1C.[CH3-].[CH3-].[Pd]. The van der Waals surface area contributed by atoms with Gasteiger partial charge in [0.2, 0.25) is 0 Å². The van der Waals surface area contributed by atoms with Crippen LogP contribution in [0.25, 0.3) is 11.6 Å². The predicted molar refractivity (Wildman–Crippen MR) is 149 cm³/mol. The van der Waals surface area contributed by atoms with E-state index in [4.69, 9.17) is 14.6 Å². The van der Waals surface area contributed by atoms with Gasteiger partial charge in [-0.05, 0) is 32.8 Å². The summed E-state index contributed by atoms with van der Waals surface area (Å²) < 4.78 is 38.7. The second kappa shape index (κ2) is 14.0. The van der Waals surface area contributed by atoms with Crippen LogP contribution in [0.3, 0.4) is 0 Å². The molecule has 2 amide bonds. The third kappa shape index (κ3) is 6.50. The van der Waals surface area contributed by atoms with Gasteiger partial charge in [0.1, 0.15) is 21.3 Å². The van der Waals surface area contributed by atoms with Gasteiger partial charge in [-0.3, -0.25) is 24.2 Å². The molecule has 2 aliphatic heterocycles. The number of ketones is 1. The zero-order chi connectivity index (χ0) is 29.7. The topological polar surface area (TPSA) is 191 Å². The van der Waals surface area contributed by atoms with Gasteiger partial charge in [0.05, 0.1) is 13.5 Å². The first kappa shape index (κ1) is 37.8. The van der Waals surface area contributed by atoms with Gasteiger partial charge in [0.15, 0.2) is 5.78 Å². The van der Waals surface area contributed by atoms with Gasteiger partial charge >= 0.3 is 11.9 Å². The molecule has 3 heterocycles. The summed E-state index contributed by atoms with van der Waals surface area (Å²) in [7, 11) is -3.93. The normalized spacial score (nSPS) is 24.3. The fourth-order valence-corrected chi connectivity index (χ4v) is 6.12. The largest absolute Gasteiger partial charge is 0.747 e. The fourth-order valence-electron chi connectivity index (χ4n) is 5.43. The van der Waals surface area contributed by atoms with Crippen LogP contribution in [0.2, 0.25) is 0 Å². The molecule has 15 heteroatoms. The summed E-state index contributed by atoms with van der Waals surface area (Å²) in [5.74, 6) is -6.81. The Balaban J connectivity index is 0.00000308. The van der Waals surface area contributed by atoms with E-state index >= 15 is 0 Å². The van der Waals surface area contributed by atoms with Gasteiger partial charge in [0.25, 0.3) is 11.8 Å². The number of nitrogens with zero attached hydrogens (tertiary/aromatic N) is 3. The number of carbonyl (C=O) groups is 5. The number of esters is 1. The van der Waals surface area contributed by atoms with Crippen LogP contribution in [-0.2, 0) is 59.3 Å². The quantitative estimate of drug-likeness (QED) is 0.0946. The van der Waals surface area contributed by atoms with E-state index in [1.165, 1.54) is 7.11 Å². The maximum absolute atomic E-state index is 13.4. The Morgan fingerprint density at radius 3 is 2.30 bits per heavy atom. The molecule has 0 spiro atoms. The number of hydrogen-bond donors (Lipinski definition) is 0. The van der Waals surface area contributed by atoms with Crippen LogP contribution in [-0.4, -0.2) is 65.6 Å². The number of aliphatic imine (C=N–C) groups is 1. The number of Topliss-reactive ketones (excluding diaryl/α,β-unsaturated/α-hetero) is 1. The molecule has 0 aromatic carbocycles. The van der Waals surface area contributed by atoms with Crippen LogP contribution < -0.4 is 15.7 Å². The molecular formula is C28H33N3O10PdS-4. The summed E-state index contributed by atoms with van der Waals surface area (Å²) in [5.41, 5.74) is 2.29. The Morgan fingerprint density at radius 1 is 1.16 bits per heavy atom. The summed E-state index contributed by atoms with van der Waals surface area (Å²) in [6, 6.07) is 0. The van der Waals surface area contributed by atoms with E-state index in [9.17, 15) is 36.9 Å². The van der Waals surface area contributed by atoms with Gasteiger partial charge < -0.3 is 34.0 Å². The number of carbonyl (C=O) groups excluding carboxylic acids is 5. The van der Waals surface area contributed by atoms with Crippen molar-refractivity contribution in [3.63, 3.8) is 0 Å². The summed E-state index contributed by atoms with van der Waals surface area (Å²) in [6.45, 7) is 7.15. The molecule has 0 saturated carbocycles. The van der Waals surface area contributed by atoms with Crippen molar-refractivity contribution in [3.8, 4) is 0 Å². The maximum Gasteiger partial charge on any atom is 0.333 e. The van der Waals surface area contributed by atoms with Crippen molar-refractivity contribution in [1.82, 2.24) is 10.0 Å². The Kier molecular flexibility index (Phi) is 12.3. The third-order valence-electron chi connectivity index (χ3n) is 7.50. The number of allylic oxidation sites excluding steroid dienone is 2. The van der Waals surface area contributed by atoms with E-state index in [1.807, 2.05) is 6.92 Å². The Hall–Kier alpha value is -3.25. The van der Waals surface area contributed by atoms with E-state index in [1.54, 1.807) is 32.9 Å². The summed E-state index contributed by atoms with van der Waals surface area (Å²) >= 11 is 0. The smallest absolute Gasteiger partial charge is 0.333 e. The van der Waals surface area contributed by atoms with Gasteiger partial charge in [-0.2, -0.15) is 0 Å². The minimum absolute atomic E-state index is 0. The molecule has 1 fully saturated rings. The van der Waals surface area contributed by atoms with E-state index in [2.05, 4.69) is 4.98 Å². The van der Waals surface area contributed by atoms with Crippen LogP contribution in [0.15, 0.2) is 16.8 Å². The van der Waals surface area contributed by atoms with Crippen molar-refractivity contribution in [2.45, 2.75) is 52.2 Å². The Bertz CT molecular complexity index is 1640. The molecule has 1 aliphatic carbocycles. The first-order chi connectivity index (χ1) is 18.8. The molecule has 4 atom stereocenters. The molecule has 1 unspecified atom stereocenters. The van der Waals surface area contributed by atoms with Gasteiger partial charge in [0, 0.05) is 55.7 Å². The van der Waals surface area contributed by atoms with Crippen molar-refractivity contribution >= 4 is 57.0 Å². The van der Waals surface area contributed by atoms with Crippen LogP contribution >= 0.6 is 0 Å². The molecule has 1 aromatic heterocycles. The van der Waals surface area contributed by atoms with E-state index in [-0.39, 0.29) is 59.1 Å². The first-order valence-electron chi connectivity index (χ1n) is 12.5. The molecule has 0 bridgehead atoms. The number of methoxy groups -OCH3 is 1. The number of hydroxylamine groups is 2. The number of amides is 2. The van der Waals surface area contributed by atoms with Crippen molar-refractivity contribution in [3.05, 3.63) is 48.5 Å². The molecule has 43 heavy (non-hydrogen) atoms. The van der Waals surface area contributed by atoms with Gasteiger partial charge in [-0.25, -0.2) is 13.2 Å². The molecule has 3 aliphatic rings. The van der Waals surface area contributed by atoms with Crippen molar-refractivity contribution in [2.75, 3.05) is 7.11 Å². The van der Waals surface area contributed by atoms with Crippen LogP contribution in [0, 0.1) is 39.5 Å². The molecule has 0 radical (unpaired) electrons. The van der Waals surface area contributed by atoms with E-state index in [0.717, 1.165) is 0 Å². The number of aromatic nitrogens is 1. The fraction of sp³-hybridized carbons (Fsp3) is 0.429. The number of fused-ring (bicyclic) bond motifs is 1. The zero-order valence-electron chi connectivity index (χ0n) is 24.7. The molecular weight excluding hydrogens is 677 g/mol. The average Bonchev–Trinajstić information content (AvgIpc) is 3.58. The standard InChI is InChI=1S/C26H28N3O10S.2CH3.Pd/c1-6-14-11(3)13(8-9-18(31)39-29-17(30)10-16(25(29)33)40(35,36)37)22(27-14)20-21(26(34)38-5)24(32)19-12(4)15(7-2)28-23(19)20;;;/h6-7,11,13,16,21H,8-10H2,1-5H3,(H-,27,28,35,36,37);2*1H3;/q3*-1;/p-1/b14-6-,15-7-;;;/t11-,13-,16?,21+;;;/m0.../s1. The molecule has 4 rings (SSSR count). The second-order valence-corrected chi connectivity index (χ2v) is 11.2. The average molecular weight is 710 g/mol. The van der Waals surface area contributed by atoms with Crippen molar-refractivity contribution < 1.29 is 66.9 Å². The minimum atomic E-state index is -5.11. The molecule has 13 nitrogen and oxygen atoms in total. The molecule has 1 saturated heterocycles. The Morgan fingerprint density at radius 2 is 1.79 bits per heavy atom. The summed E-state index contributed by atoms with van der Waals surface area (Å²) in [4.78, 5) is 77.2. The van der Waals surface area contributed by atoms with E-state index in [0.29, 0.717) is 38.8 Å². The predicted octanol–water partition coefficient (Wildman–Crippen LogP) is 0.309. The summed E-state index contributed by atoms with van der Waals surface area (Å²) in [6.07, 6.45) is 2.35.